The number of nitrogens with zero attached hydrogens (tertiary/aromatic N) is 2. The molecule has 132 valence electrons. The molecule has 0 radical (unpaired) electrons. The predicted octanol–water partition coefficient (Wildman–Crippen LogP) is 2.72. The molecule has 6 heteroatoms. The average molecular weight is 344 g/mol. The summed E-state index contributed by atoms with van der Waals surface area (Å²) in [4.78, 5) is 15.5. The molecule has 1 N–H and O–H groups in total. The molecule has 0 saturated carbocycles. The highest BCUT2D eigenvalue weighted by Crippen LogP contribution is 2.17. The maximum absolute atomic E-state index is 13.0. The highest BCUT2D eigenvalue weighted by Gasteiger charge is 2.17. The van der Waals surface area contributed by atoms with Crippen LogP contribution in [-0.4, -0.2) is 55.3 Å². The SMILES string of the molecule is O=C(O)c1cccc(OCCN2CCN(c3ccc(F)cc3)CC2)c1. The van der Waals surface area contributed by atoms with E-state index >= 15 is 0 Å². The van der Waals surface area contributed by atoms with Gasteiger partial charge in [0.15, 0.2) is 0 Å². The minimum atomic E-state index is -0.956. The van der Waals surface area contributed by atoms with Crippen LogP contribution in [0, 0.1) is 5.82 Å². The molecule has 0 unspecified atom stereocenters. The normalized spacial score (nSPS) is 15.2. The average Bonchev–Trinajstić information content (AvgIpc) is 2.63. The third-order valence-electron chi connectivity index (χ3n) is 4.32. The van der Waals surface area contributed by atoms with E-state index in [4.69, 9.17) is 9.84 Å². The molecule has 1 saturated heterocycles. The summed E-state index contributed by atoms with van der Waals surface area (Å²) in [7, 11) is 0. The van der Waals surface area contributed by atoms with Crippen LogP contribution in [0.25, 0.3) is 0 Å². The molecular weight excluding hydrogens is 323 g/mol. The molecule has 0 amide bonds. The van der Waals surface area contributed by atoms with Gasteiger partial charge in [-0.3, -0.25) is 4.90 Å². The fourth-order valence-electron chi connectivity index (χ4n) is 2.89. The number of halogens is 1. The third-order valence-corrected chi connectivity index (χ3v) is 4.32. The standard InChI is InChI=1S/C19H21FN2O3/c20-16-4-6-17(7-5-16)22-10-8-21(9-11-22)12-13-25-18-3-1-2-15(14-18)19(23)24/h1-7,14H,8-13H2,(H,23,24). The van der Waals surface area contributed by atoms with Crippen LogP contribution in [0.1, 0.15) is 10.4 Å². The summed E-state index contributed by atoms with van der Waals surface area (Å²) in [5, 5.41) is 8.98. The summed E-state index contributed by atoms with van der Waals surface area (Å²) in [6.45, 7) is 4.90. The number of piperazine rings is 1. The van der Waals surface area contributed by atoms with E-state index in [-0.39, 0.29) is 11.4 Å². The van der Waals surface area contributed by atoms with Crippen LogP contribution in [0.15, 0.2) is 48.5 Å². The zero-order valence-corrected chi connectivity index (χ0v) is 13.9. The fourth-order valence-corrected chi connectivity index (χ4v) is 2.89. The second kappa shape index (κ2) is 7.98. The Hall–Kier alpha value is -2.60. The van der Waals surface area contributed by atoms with E-state index < -0.39 is 5.97 Å². The summed E-state index contributed by atoms with van der Waals surface area (Å²) in [6, 6.07) is 13.1. The van der Waals surface area contributed by atoms with E-state index in [1.54, 1.807) is 18.2 Å². The predicted molar refractivity (Wildman–Crippen MR) is 93.9 cm³/mol. The van der Waals surface area contributed by atoms with E-state index in [9.17, 15) is 9.18 Å². The number of carboxylic acids is 1. The number of carbonyl (C=O) groups is 1. The Kier molecular flexibility index (Phi) is 5.50. The lowest BCUT2D eigenvalue weighted by molar-refractivity contribution is 0.0696. The van der Waals surface area contributed by atoms with Crippen molar-refractivity contribution >= 4 is 11.7 Å². The van der Waals surface area contributed by atoms with Crippen molar-refractivity contribution in [2.24, 2.45) is 0 Å². The van der Waals surface area contributed by atoms with Gasteiger partial charge in [0.05, 0.1) is 5.56 Å². The lowest BCUT2D eigenvalue weighted by Gasteiger charge is -2.36. The second-order valence-electron chi connectivity index (χ2n) is 5.99. The van der Waals surface area contributed by atoms with Gasteiger partial charge in [0.25, 0.3) is 0 Å². The van der Waals surface area contributed by atoms with Gasteiger partial charge in [0.1, 0.15) is 18.2 Å². The smallest absolute Gasteiger partial charge is 0.335 e. The molecule has 2 aromatic rings. The Labute approximate surface area is 146 Å². The highest BCUT2D eigenvalue weighted by atomic mass is 19.1. The van der Waals surface area contributed by atoms with Gasteiger partial charge in [0.2, 0.25) is 0 Å². The third kappa shape index (κ3) is 4.70. The molecule has 25 heavy (non-hydrogen) atoms. The number of hydrogen-bond acceptors (Lipinski definition) is 4. The van der Waals surface area contributed by atoms with Crippen molar-refractivity contribution in [1.29, 1.82) is 0 Å². The molecule has 2 aromatic carbocycles. The quantitative estimate of drug-likeness (QED) is 0.873. The fraction of sp³-hybridized carbons (Fsp3) is 0.316. The summed E-state index contributed by atoms with van der Waals surface area (Å²) in [5.41, 5.74) is 1.27. The number of ether oxygens (including phenoxy) is 1. The van der Waals surface area contributed by atoms with Crippen LogP contribution in [0.4, 0.5) is 10.1 Å². The summed E-state index contributed by atoms with van der Waals surface area (Å²) >= 11 is 0. The van der Waals surface area contributed by atoms with E-state index in [0.29, 0.717) is 12.4 Å². The Morgan fingerprint density at radius 2 is 1.80 bits per heavy atom. The van der Waals surface area contributed by atoms with Crippen molar-refractivity contribution in [3.05, 3.63) is 59.9 Å². The van der Waals surface area contributed by atoms with Crippen LogP contribution in [-0.2, 0) is 0 Å². The largest absolute Gasteiger partial charge is 0.492 e. The number of benzene rings is 2. The number of carboxylic acid groups (broad SMARTS) is 1. The van der Waals surface area contributed by atoms with E-state index in [1.165, 1.54) is 18.2 Å². The molecular formula is C19H21FN2O3. The van der Waals surface area contributed by atoms with Crippen molar-refractivity contribution in [3.8, 4) is 5.75 Å². The summed E-state index contributed by atoms with van der Waals surface area (Å²) in [6.07, 6.45) is 0. The van der Waals surface area contributed by atoms with Crippen LogP contribution < -0.4 is 9.64 Å². The molecule has 3 rings (SSSR count). The molecule has 0 aliphatic carbocycles. The summed E-state index contributed by atoms with van der Waals surface area (Å²) < 4.78 is 18.7. The van der Waals surface area contributed by atoms with Gasteiger partial charge in [0, 0.05) is 38.4 Å². The van der Waals surface area contributed by atoms with Crippen LogP contribution in [0.5, 0.6) is 5.75 Å². The zero-order valence-electron chi connectivity index (χ0n) is 13.9. The summed E-state index contributed by atoms with van der Waals surface area (Å²) in [5.74, 6) is -0.598. The Morgan fingerprint density at radius 1 is 1.08 bits per heavy atom. The molecule has 5 nitrogen and oxygen atoms in total. The number of hydrogen-bond donors (Lipinski definition) is 1. The van der Waals surface area contributed by atoms with E-state index in [0.717, 1.165) is 38.4 Å². The molecule has 1 heterocycles. The maximum atomic E-state index is 13.0. The first-order chi connectivity index (χ1) is 12.1. The minimum absolute atomic E-state index is 0.216. The van der Waals surface area contributed by atoms with Crippen LogP contribution >= 0.6 is 0 Å². The van der Waals surface area contributed by atoms with Gasteiger partial charge in [-0.1, -0.05) is 6.07 Å². The maximum Gasteiger partial charge on any atom is 0.335 e. The first-order valence-electron chi connectivity index (χ1n) is 8.31. The first kappa shape index (κ1) is 17.2. The number of aromatic carboxylic acids is 1. The van der Waals surface area contributed by atoms with Gasteiger partial charge in [-0.15, -0.1) is 0 Å². The molecule has 0 bridgehead atoms. The Bertz CT molecular complexity index is 713. The van der Waals surface area contributed by atoms with Crippen LogP contribution in [0.3, 0.4) is 0 Å². The van der Waals surface area contributed by atoms with Gasteiger partial charge in [-0.25, -0.2) is 9.18 Å². The number of rotatable bonds is 6. The lowest BCUT2D eigenvalue weighted by Crippen LogP contribution is -2.47. The minimum Gasteiger partial charge on any atom is -0.492 e. The van der Waals surface area contributed by atoms with Crippen molar-refractivity contribution in [1.82, 2.24) is 4.90 Å². The van der Waals surface area contributed by atoms with Crippen molar-refractivity contribution in [3.63, 3.8) is 0 Å². The van der Waals surface area contributed by atoms with Crippen LogP contribution in [0.2, 0.25) is 0 Å². The molecule has 0 aromatic heterocycles. The monoisotopic (exact) mass is 344 g/mol. The molecule has 0 atom stereocenters. The van der Waals surface area contributed by atoms with E-state index in [1.807, 2.05) is 12.1 Å². The zero-order chi connectivity index (χ0) is 17.6. The van der Waals surface area contributed by atoms with Gasteiger partial charge in [-0.2, -0.15) is 0 Å². The lowest BCUT2D eigenvalue weighted by atomic mass is 10.2. The molecule has 1 fully saturated rings. The topological polar surface area (TPSA) is 53.0 Å². The van der Waals surface area contributed by atoms with Crippen molar-refractivity contribution in [2.75, 3.05) is 44.2 Å². The molecule has 1 aliphatic heterocycles. The molecule has 1 aliphatic rings. The first-order valence-corrected chi connectivity index (χ1v) is 8.31. The number of anilines is 1. The molecule has 0 spiro atoms. The van der Waals surface area contributed by atoms with E-state index in [2.05, 4.69) is 9.80 Å². The van der Waals surface area contributed by atoms with Gasteiger partial charge < -0.3 is 14.7 Å². The van der Waals surface area contributed by atoms with Gasteiger partial charge in [-0.05, 0) is 42.5 Å². The van der Waals surface area contributed by atoms with Gasteiger partial charge >= 0.3 is 5.97 Å². The Morgan fingerprint density at radius 3 is 2.48 bits per heavy atom. The van der Waals surface area contributed by atoms with Crippen molar-refractivity contribution in [2.45, 2.75) is 0 Å². The van der Waals surface area contributed by atoms with Crippen molar-refractivity contribution < 1.29 is 19.0 Å². The Balaban J connectivity index is 1.43. The second-order valence-corrected chi connectivity index (χ2v) is 5.99. The highest BCUT2D eigenvalue weighted by molar-refractivity contribution is 5.87.